The number of aryl methyl sites for hydroxylation is 2. The SMILES string of the molecule is Cc1ccc(C(Br)CC(C)C)cc1C. The first-order valence-electron chi connectivity index (χ1n) is 5.22. The second kappa shape index (κ2) is 4.97. The fourth-order valence-corrected chi connectivity index (χ4v) is 2.54. The number of rotatable bonds is 3. The van der Waals surface area contributed by atoms with Crippen molar-refractivity contribution < 1.29 is 0 Å². The molecule has 1 aromatic carbocycles. The minimum Gasteiger partial charge on any atom is -0.0839 e. The summed E-state index contributed by atoms with van der Waals surface area (Å²) < 4.78 is 0. The third kappa shape index (κ3) is 3.13. The fourth-order valence-electron chi connectivity index (χ4n) is 1.51. The lowest BCUT2D eigenvalue weighted by Crippen LogP contribution is -1.96. The predicted molar refractivity (Wildman–Crippen MR) is 67.0 cm³/mol. The summed E-state index contributed by atoms with van der Waals surface area (Å²) in [6.07, 6.45) is 1.20. The molecule has 0 N–H and O–H groups in total. The molecule has 0 radical (unpaired) electrons. The molecule has 0 bridgehead atoms. The zero-order valence-electron chi connectivity index (χ0n) is 9.47. The van der Waals surface area contributed by atoms with Crippen LogP contribution in [0.25, 0.3) is 0 Å². The summed E-state index contributed by atoms with van der Waals surface area (Å²) >= 11 is 3.75. The number of hydrogen-bond acceptors (Lipinski definition) is 0. The summed E-state index contributed by atoms with van der Waals surface area (Å²) in [5.41, 5.74) is 4.16. The normalized spacial score (nSPS) is 13.3. The molecule has 0 nitrogen and oxygen atoms in total. The van der Waals surface area contributed by atoms with E-state index >= 15 is 0 Å². The maximum Gasteiger partial charge on any atom is 0.0397 e. The second-order valence-corrected chi connectivity index (χ2v) is 5.55. The second-order valence-electron chi connectivity index (χ2n) is 4.44. The van der Waals surface area contributed by atoms with Crippen molar-refractivity contribution in [2.24, 2.45) is 5.92 Å². The van der Waals surface area contributed by atoms with Crippen molar-refractivity contribution in [2.75, 3.05) is 0 Å². The molecule has 0 spiro atoms. The standard InChI is InChI=1S/C13H19Br/c1-9(2)7-13(14)12-6-5-10(3)11(4)8-12/h5-6,8-9,13H,7H2,1-4H3. The molecule has 0 aliphatic carbocycles. The largest absolute Gasteiger partial charge is 0.0839 e. The Balaban J connectivity index is 2.80. The van der Waals surface area contributed by atoms with Crippen LogP contribution >= 0.6 is 15.9 Å². The molecule has 0 aliphatic rings. The van der Waals surface area contributed by atoms with Crippen molar-refractivity contribution in [3.8, 4) is 0 Å². The van der Waals surface area contributed by atoms with E-state index in [1.165, 1.54) is 23.1 Å². The van der Waals surface area contributed by atoms with Crippen LogP contribution in [0.2, 0.25) is 0 Å². The van der Waals surface area contributed by atoms with Gasteiger partial charge in [0.05, 0.1) is 0 Å². The molecule has 1 aromatic rings. The van der Waals surface area contributed by atoms with Crippen LogP contribution < -0.4 is 0 Å². The third-order valence-electron chi connectivity index (χ3n) is 2.57. The van der Waals surface area contributed by atoms with Gasteiger partial charge in [-0.2, -0.15) is 0 Å². The van der Waals surface area contributed by atoms with Crippen molar-refractivity contribution in [1.82, 2.24) is 0 Å². The zero-order valence-corrected chi connectivity index (χ0v) is 11.1. The van der Waals surface area contributed by atoms with E-state index in [1.54, 1.807) is 0 Å². The molecule has 14 heavy (non-hydrogen) atoms. The quantitative estimate of drug-likeness (QED) is 0.681. The van der Waals surface area contributed by atoms with Crippen molar-refractivity contribution in [3.05, 3.63) is 34.9 Å². The van der Waals surface area contributed by atoms with E-state index in [1.807, 2.05) is 0 Å². The summed E-state index contributed by atoms with van der Waals surface area (Å²) in [7, 11) is 0. The number of hydrogen-bond donors (Lipinski definition) is 0. The highest BCUT2D eigenvalue weighted by molar-refractivity contribution is 9.09. The summed E-state index contributed by atoms with van der Waals surface area (Å²) in [5.74, 6) is 0.737. The van der Waals surface area contributed by atoms with Gasteiger partial charge in [-0.25, -0.2) is 0 Å². The van der Waals surface area contributed by atoms with Crippen LogP contribution in [0.3, 0.4) is 0 Å². The highest BCUT2D eigenvalue weighted by atomic mass is 79.9. The summed E-state index contributed by atoms with van der Waals surface area (Å²) in [5, 5.41) is 0. The van der Waals surface area contributed by atoms with E-state index in [9.17, 15) is 0 Å². The Labute approximate surface area is 95.9 Å². The Bertz CT molecular complexity index is 302. The monoisotopic (exact) mass is 254 g/mol. The van der Waals surface area contributed by atoms with Gasteiger partial charge in [0.2, 0.25) is 0 Å². The van der Waals surface area contributed by atoms with Gasteiger partial charge in [0, 0.05) is 4.83 Å². The van der Waals surface area contributed by atoms with E-state index in [0.29, 0.717) is 4.83 Å². The average Bonchev–Trinajstić information content (AvgIpc) is 2.08. The van der Waals surface area contributed by atoms with Crippen LogP contribution in [0.15, 0.2) is 18.2 Å². The molecule has 0 fully saturated rings. The average molecular weight is 255 g/mol. The number of alkyl halides is 1. The van der Waals surface area contributed by atoms with Crippen molar-refractivity contribution in [3.63, 3.8) is 0 Å². The molecule has 1 atom stereocenters. The van der Waals surface area contributed by atoms with Crippen molar-refractivity contribution in [1.29, 1.82) is 0 Å². The molecule has 1 unspecified atom stereocenters. The van der Waals surface area contributed by atoms with Gasteiger partial charge in [0.15, 0.2) is 0 Å². The van der Waals surface area contributed by atoms with Crippen LogP contribution in [0, 0.1) is 19.8 Å². The Kier molecular flexibility index (Phi) is 4.18. The van der Waals surface area contributed by atoms with Gasteiger partial charge in [0.25, 0.3) is 0 Å². The minimum absolute atomic E-state index is 0.502. The first-order valence-corrected chi connectivity index (χ1v) is 6.13. The Morgan fingerprint density at radius 2 is 1.79 bits per heavy atom. The lowest BCUT2D eigenvalue weighted by Gasteiger charge is -2.14. The smallest absolute Gasteiger partial charge is 0.0397 e. The van der Waals surface area contributed by atoms with Gasteiger partial charge in [-0.05, 0) is 42.9 Å². The summed E-state index contributed by atoms with van der Waals surface area (Å²) in [6.45, 7) is 8.85. The van der Waals surface area contributed by atoms with Gasteiger partial charge < -0.3 is 0 Å². The van der Waals surface area contributed by atoms with E-state index in [0.717, 1.165) is 5.92 Å². The molecule has 0 saturated carbocycles. The van der Waals surface area contributed by atoms with Gasteiger partial charge in [-0.1, -0.05) is 48.0 Å². The maximum atomic E-state index is 3.75. The van der Waals surface area contributed by atoms with Gasteiger partial charge in [-0.15, -0.1) is 0 Å². The molecule has 0 aromatic heterocycles. The lowest BCUT2D eigenvalue weighted by atomic mass is 9.99. The molecule has 1 heteroatoms. The van der Waals surface area contributed by atoms with E-state index < -0.39 is 0 Å². The molecule has 0 aliphatic heterocycles. The van der Waals surface area contributed by atoms with E-state index in [4.69, 9.17) is 0 Å². The Morgan fingerprint density at radius 1 is 1.14 bits per heavy atom. The van der Waals surface area contributed by atoms with Crippen LogP contribution in [0.4, 0.5) is 0 Å². The fraction of sp³-hybridized carbons (Fsp3) is 0.538. The van der Waals surface area contributed by atoms with Crippen LogP contribution in [0.1, 0.15) is 41.8 Å². The molecule has 0 amide bonds. The van der Waals surface area contributed by atoms with Crippen LogP contribution in [0.5, 0.6) is 0 Å². The van der Waals surface area contributed by atoms with Gasteiger partial charge in [-0.3, -0.25) is 0 Å². The third-order valence-corrected chi connectivity index (χ3v) is 3.47. The predicted octanol–water partition coefficient (Wildman–Crippen LogP) is 4.79. The van der Waals surface area contributed by atoms with Crippen molar-refractivity contribution >= 4 is 15.9 Å². The first-order chi connectivity index (χ1) is 6.50. The Hall–Kier alpha value is -0.300. The summed E-state index contributed by atoms with van der Waals surface area (Å²) in [4.78, 5) is 0.502. The molecule has 0 saturated heterocycles. The van der Waals surface area contributed by atoms with Crippen molar-refractivity contribution in [2.45, 2.75) is 38.9 Å². The van der Waals surface area contributed by atoms with Gasteiger partial charge >= 0.3 is 0 Å². The first kappa shape index (κ1) is 11.8. The van der Waals surface area contributed by atoms with Crippen LogP contribution in [-0.2, 0) is 0 Å². The highest BCUT2D eigenvalue weighted by Gasteiger charge is 2.09. The zero-order chi connectivity index (χ0) is 10.7. The van der Waals surface area contributed by atoms with E-state index in [-0.39, 0.29) is 0 Å². The van der Waals surface area contributed by atoms with Gasteiger partial charge in [0.1, 0.15) is 0 Å². The molecular weight excluding hydrogens is 236 g/mol. The molecular formula is C13H19Br. The minimum atomic E-state index is 0.502. The molecule has 0 heterocycles. The maximum absolute atomic E-state index is 3.75. The lowest BCUT2D eigenvalue weighted by molar-refractivity contribution is 0.583. The Morgan fingerprint density at radius 3 is 2.29 bits per heavy atom. The number of halogens is 1. The van der Waals surface area contributed by atoms with Crippen LogP contribution in [-0.4, -0.2) is 0 Å². The van der Waals surface area contributed by atoms with E-state index in [2.05, 4.69) is 61.8 Å². The highest BCUT2D eigenvalue weighted by Crippen LogP contribution is 2.30. The number of benzene rings is 1. The molecule has 1 rings (SSSR count). The summed E-state index contributed by atoms with van der Waals surface area (Å²) in [6, 6.07) is 6.72. The topological polar surface area (TPSA) is 0 Å². The molecule has 78 valence electrons.